The second-order valence-corrected chi connectivity index (χ2v) is 10.9. The van der Waals surface area contributed by atoms with Crippen LogP contribution >= 0.6 is 11.3 Å². The van der Waals surface area contributed by atoms with Crippen molar-refractivity contribution in [2.45, 2.75) is 77.2 Å². The molecule has 1 N–H and O–H groups in total. The Kier molecular flexibility index (Phi) is 8.23. The highest BCUT2D eigenvalue weighted by Crippen LogP contribution is 2.43. The number of nitrogens with zero attached hydrogens (tertiary/aromatic N) is 2. The lowest BCUT2D eigenvalue weighted by atomic mass is 9.81. The van der Waals surface area contributed by atoms with Crippen molar-refractivity contribution in [1.82, 2.24) is 4.90 Å². The Morgan fingerprint density at radius 2 is 1.88 bits per heavy atom. The van der Waals surface area contributed by atoms with Crippen LogP contribution < -0.4 is 4.90 Å². The van der Waals surface area contributed by atoms with Crippen molar-refractivity contribution in [3.05, 3.63) is 21.9 Å². The van der Waals surface area contributed by atoms with Crippen LogP contribution in [0.15, 0.2) is 11.5 Å². The van der Waals surface area contributed by atoms with E-state index in [4.69, 9.17) is 0 Å². The predicted octanol–water partition coefficient (Wildman–Crippen LogP) is 6.00. The number of hydrogen-bond donors (Lipinski definition) is 1. The number of anilines is 1. The Hall–Kier alpha value is -1.73. The molecule has 0 bridgehead atoms. The van der Waals surface area contributed by atoms with Gasteiger partial charge < -0.3 is 14.9 Å². The van der Waals surface area contributed by atoms with Gasteiger partial charge in [-0.25, -0.2) is 9.18 Å². The second kappa shape index (κ2) is 11.1. The van der Waals surface area contributed by atoms with Crippen molar-refractivity contribution >= 4 is 34.5 Å². The number of carbonyl (C=O) groups is 2. The normalized spacial score (nSPS) is 25.0. The molecule has 7 heteroatoms. The lowest BCUT2D eigenvalue weighted by Gasteiger charge is -2.41. The Morgan fingerprint density at radius 1 is 1.15 bits per heavy atom. The van der Waals surface area contributed by atoms with E-state index in [0.29, 0.717) is 18.2 Å². The van der Waals surface area contributed by atoms with E-state index in [1.165, 1.54) is 16.9 Å². The van der Waals surface area contributed by atoms with Crippen molar-refractivity contribution in [2.75, 3.05) is 31.2 Å². The van der Waals surface area contributed by atoms with Crippen LogP contribution in [0, 0.1) is 11.8 Å². The molecule has 1 aromatic heterocycles. The van der Waals surface area contributed by atoms with Crippen molar-refractivity contribution < 1.29 is 19.1 Å². The monoisotopic (exact) mass is 476 g/mol. The number of hydrogen-bond acceptors (Lipinski definition) is 4. The molecule has 0 aromatic carbocycles. The van der Waals surface area contributed by atoms with Gasteiger partial charge in [-0.05, 0) is 75.7 Å². The summed E-state index contributed by atoms with van der Waals surface area (Å²) in [5.41, 5.74) is 2.76. The number of amides is 1. The van der Waals surface area contributed by atoms with Crippen LogP contribution in [-0.4, -0.2) is 54.2 Å². The number of carboxylic acids is 1. The van der Waals surface area contributed by atoms with Gasteiger partial charge in [-0.2, -0.15) is 0 Å². The van der Waals surface area contributed by atoms with E-state index >= 15 is 0 Å². The van der Waals surface area contributed by atoms with Crippen LogP contribution in [0.1, 0.15) is 86.4 Å². The van der Waals surface area contributed by atoms with Gasteiger partial charge in [-0.15, -0.1) is 11.3 Å². The second-order valence-electron chi connectivity index (χ2n) is 10.0. The summed E-state index contributed by atoms with van der Waals surface area (Å²) in [5, 5.41) is 12.0. The minimum absolute atomic E-state index is 0.0386. The van der Waals surface area contributed by atoms with Gasteiger partial charge in [0.25, 0.3) is 0 Å². The van der Waals surface area contributed by atoms with Crippen LogP contribution in [0.5, 0.6) is 0 Å². The maximum absolute atomic E-state index is 14.1. The first kappa shape index (κ1) is 24.4. The van der Waals surface area contributed by atoms with E-state index in [-0.39, 0.29) is 29.4 Å². The van der Waals surface area contributed by atoms with E-state index in [1.54, 1.807) is 0 Å². The Balaban J connectivity index is 1.71. The Bertz CT molecular complexity index is 867. The average Bonchev–Trinajstić information content (AvgIpc) is 3.26. The fraction of sp³-hybridized carbons (Fsp3) is 0.692. The van der Waals surface area contributed by atoms with Gasteiger partial charge in [0.2, 0.25) is 5.91 Å². The molecule has 4 rings (SSSR count). The van der Waals surface area contributed by atoms with Gasteiger partial charge in [0.1, 0.15) is 11.6 Å². The Morgan fingerprint density at radius 3 is 2.48 bits per heavy atom. The molecule has 1 amide bonds. The molecule has 1 aromatic rings. The lowest BCUT2D eigenvalue weighted by molar-refractivity contribution is -0.124. The molecule has 1 saturated carbocycles. The van der Waals surface area contributed by atoms with E-state index in [0.717, 1.165) is 82.9 Å². The third-order valence-electron chi connectivity index (χ3n) is 7.76. The van der Waals surface area contributed by atoms with E-state index < -0.39 is 5.97 Å². The van der Waals surface area contributed by atoms with Gasteiger partial charge in [-0.3, -0.25) is 4.79 Å². The summed E-state index contributed by atoms with van der Waals surface area (Å²) in [6, 6.07) is -0.0386. The summed E-state index contributed by atoms with van der Waals surface area (Å²) in [5.74, 6) is -0.253. The number of likely N-dealkylation sites (tertiary alicyclic amines) is 1. The largest absolute Gasteiger partial charge is 0.477 e. The number of piperidine rings is 1. The third-order valence-corrected chi connectivity index (χ3v) is 8.72. The highest BCUT2D eigenvalue weighted by Gasteiger charge is 2.38. The topological polar surface area (TPSA) is 60.9 Å². The van der Waals surface area contributed by atoms with Gasteiger partial charge in [0.15, 0.2) is 0 Å². The molecule has 5 nitrogen and oxygen atoms in total. The maximum Gasteiger partial charge on any atom is 0.348 e. The van der Waals surface area contributed by atoms with Crippen LogP contribution in [-0.2, 0) is 4.79 Å². The van der Waals surface area contributed by atoms with Gasteiger partial charge in [0, 0.05) is 42.5 Å². The van der Waals surface area contributed by atoms with Gasteiger partial charge >= 0.3 is 5.97 Å². The molecule has 2 aliphatic carbocycles. The highest BCUT2D eigenvalue weighted by molar-refractivity contribution is 7.13. The zero-order valence-electron chi connectivity index (χ0n) is 19.7. The molecule has 0 atom stereocenters. The van der Waals surface area contributed by atoms with Gasteiger partial charge in [-0.1, -0.05) is 13.0 Å². The molecule has 1 aliphatic heterocycles. The van der Waals surface area contributed by atoms with Crippen molar-refractivity contribution in [3.8, 4) is 0 Å². The minimum atomic E-state index is -0.956. The van der Waals surface area contributed by atoms with Gasteiger partial charge in [0.05, 0.1) is 5.69 Å². The smallest absolute Gasteiger partial charge is 0.348 e. The van der Waals surface area contributed by atoms with E-state index in [2.05, 4.69) is 17.9 Å². The molecule has 0 unspecified atom stereocenters. The maximum atomic E-state index is 14.1. The first-order valence-electron chi connectivity index (χ1n) is 12.6. The zero-order valence-corrected chi connectivity index (χ0v) is 20.5. The summed E-state index contributed by atoms with van der Waals surface area (Å²) in [6.07, 6.45) is 11.8. The summed E-state index contributed by atoms with van der Waals surface area (Å²) in [4.78, 5) is 30.6. The van der Waals surface area contributed by atoms with Crippen LogP contribution in [0.2, 0.25) is 0 Å². The van der Waals surface area contributed by atoms with Crippen molar-refractivity contribution in [3.63, 3.8) is 0 Å². The average molecular weight is 477 g/mol. The third kappa shape index (κ3) is 5.51. The molecule has 1 saturated heterocycles. The number of rotatable bonds is 7. The number of thiophene rings is 1. The molecule has 0 spiro atoms. The van der Waals surface area contributed by atoms with Crippen LogP contribution in [0.4, 0.5) is 10.1 Å². The first-order valence-corrected chi connectivity index (χ1v) is 13.5. The molecule has 3 aliphatic rings. The number of allylic oxidation sites excluding steroid dienone is 2. The molecule has 2 heterocycles. The molecule has 33 heavy (non-hydrogen) atoms. The van der Waals surface area contributed by atoms with Crippen molar-refractivity contribution in [2.24, 2.45) is 11.8 Å². The molecule has 2 fully saturated rings. The SMILES string of the molecule is CC1CCC(C(=O)N(c2c(C3=CCCCC3)csc2C(=O)O)C2CCN(CCF)CC2)CC1. The zero-order chi connectivity index (χ0) is 23.4. The predicted molar refractivity (Wildman–Crippen MR) is 132 cm³/mol. The number of carbonyl (C=O) groups excluding carboxylic acids is 1. The molecular weight excluding hydrogens is 439 g/mol. The standard InChI is InChI=1S/C26H37FN2O3S/c1-18-7-9-20(10-8-18)25(30)29(21-11-14-28(15-12-21)16-13-27)23-22(17-33-24(23)26(31)32)19-5-3-2-4-6-19/h5,17-18,20-21H,2-4,6-16H2,1H3,(H,31,32). The Labute approximate surface area is 200 Å². The fourth-order valence-corrected chi connectivity index (χ4v) is 6.67. The van der Waals surface area contributed by atoms with E-state index in [9.17, 15) is 19.1 Å². The number of halogens is 1. The van der Waals surface area contributed by atoms with Crippen LogP contribution in [0.3, 0.4) is 0 Å². The highest BCUT2D eigenvalue weighted by atomic mass is 32.1. The summed E-state index contributed by atoms with van der Waals surface area (Å²) < 4.78 is 12.9. The fourth-order valence-electron chi connectivity index (χ4n) is 5.75. The van der Waals surface area contributed by atoms with E-state index in [1.807, 2.05) is 10.3 Å². The first-order chi connectivity index (χ1) is 16.0. The quantitative estimate of drug-likeness (QED) is 0.525. The number of alkyl halides is 1. The molecule has 182 valence electrons. The summed E-state index contributed by atoms with van der Waals surface area (Å²) in [7, 11) is 0. The number of carboxylic acid groups (broad SMARTS) is 1. The van der Waals surface area contributed by atoms with Crippen molar-refractivity contribution in [1.29, 1.82) is 0 Å². The minimum Gasteiger partial charge on any atom is -0.477 e. The van der Waals surface area contributed by atoms with Crippen LogP contribution in [0.25, 0.3) is 5.57 Å². The molecule has 0 radical (unpaired) electrons. The summed E-state index contributed by atoms with van der Waals surface area (Å²) in [6.45, 7) is 3.79. The number of aromatic carboxylic acids is 1. The summed E-state index contributed by atoms with van der Waals surface area (Å²) >= 11 is 1.25. The lowest BCUT2D eigenvalue weighted by Crippen LogP contribution is -2.50. The molecular formula is C26H37FN2O3S.